The number of nitrogen functional groups attached to an aromatic ring is 1. The van der Waals surface area contributed by atoms with Crippen molar-refractivity contribution in [3.8, 4) is 0 Å². The van der Waals surface area contributed by atoms with Gasteiger partial charge in [-0.25, -0.2) is 0 Å². The molecule has 1 aromatic heterocycles. The van der Waals surface area contributed by atoms with Crippen LogP contribution in [-0.4, -0.2) is 41.8 Å². The fourth-order valence-electron chi connectivity index (χ4n) is 1.16. The first-order valence-corrected chi connectivity index (χ1v) is 5.14. The topological polar surface area (TPSA) is 82.3 Å². The Hall–Kier alpha value is -0.920. The van der Waals surface area contributed by atoms with E-state index in [-0.39, 0.29) is 6.10 Å². The van der Waals surface area contributed by atoms with Gasteiger partial charge >= 0.3 is 0 Å². The van der Waals surface area contributed by atoms with Gasteiger partial charge in [0.25, 0.3) is 0 Å². The van der Waals surface area contributed by atoms with Crippen molar-refractivity contribution in [1.82, 2.24) is 9.36 Å². The molecule has 0 aliphatic carbocycles. The predicted molar refractivity (Wildman–Crippen MR) is 53.4 cm³/mol. The molecule has 0 saturated carbocycles. The van der Waals surface area contributed by atoms with Crippen LogP contribution in [0.1, 0.15) is 0 Å². The lowest BCUT2D eigenvalue weighted by Gasteiger charge is -2.22. The number of nitrogens with zero attached hydrogens (tertiary/aromatic N) is 2. The number of anilines is 2. The Morgan fingerprint density at radius 2 is 2.50 bits per heavy atom. The van der Waals surface area contributed by atoms with Gasteiger partial charge in [0, 0.05) is 18.1 Å². The Morgan fingerprint density at radius 3 is 3.14 bits per heavy atom. The summed E-state index contributed by atoms with van der Waals surface area (Å²) < 4.78 is 14.6. The lowest BCUT2D eigenvalue weighted by Crippen LogP contribution is -2.34. The van der Waals surface area contributed by atoms with Crippen LogP contribution in [0.3, 0.4) is 0 Å². The van der Waals surface area contributed by atoms with Crippen LogP contribution in [-0.2, 0) is 9.47 Å². The van der Waals surface area contributed by atoms with Crippen LogP contribution in [0.25, 0.3) is 0 Å². The Labute approximate surface area is 85.6 Å². The zero-order valence-electron chi connectivity index (χ0n) is 7.60. The summed E-state index contributed by atoms with van der Waals surface area (Å²) in [5.41, 5.74) is 5.38. The van der Waals surface area contributed by atoms with Crippen molar-refractivity contribution >= 4 is 22.6 Å². The molecular weight excluding hydrogens is 204 g/mol. The van der Waals surface area contributed by atoms with Crippen molar-refractivity contribution in [2.45, 2.75) is 6.10 Å². The highest BCUT2D eigenvalue weighted by Crippen LogP contribution is 2.12. The molecule has 6 nitrogen and oxygen atoms in total. The molecule has 7 heteroatoms. The summed E-state index contributed by atoms with van der Waals surface area (Å²) in [5.74, 6) is 0.304. The average molecular weight is 216 g/mol. The van der Waals surface area contributed by atoms with Crippen LogP contribution >= 0.6 is 11.5 Å². The van der Waals surface area contributed by atoms with Crippen LogP contribution in [0.4, 0.5) is 11.1 Å². The lowest BCUT2D eigenvalue weighted by molar-refractivity contribution is -0.0818. The Balaban J connectivity index is 1.76. The largest absolute Gasteiger partial charge is 0.376 e. The van der Waals surface area contributed by atoms with Crippen LogP contribution in [0.15, 0.2) is 0 Å². The molecule has 0 bridgehead atoms. The number of aromatic nitrogens is 2. The SMILES string of the molecule is Nc1nsc(NCC2COCCO2)n1. The van der Waals surface area contributed by atoms with Crippen LogP contribution in [0.5, 0.6) is 0 Å². The smallest absolute Gasteiger partial charge is 0.233 e. The van der Waals surface area contributed by atoms with Crippen molar-refractivity contribution in [3.63, 3.8) is 0 Å². The minimum atomic E-state index is 0.0916. The summed E-state index contributed by atoms with van der Waals surface area (Å²) in [4.78, 5) is 3.97. The van der Waals surface area contributed by atoms with E-state index in [1.807, 2.05) is 0 Å². The van der Waals surface area contributed by atoms with Crippen molar-refractivity contribution in [3.05, 3.63) is 0 Å². The third kappa shape index (κ3) is 2.53. The molecule has 2 heterocycles. The monoisotopic (exact) mass is 216 g/mol. The second-order valence-corrected chi connectivity index (χ2v) is 3.66. The van der Waals surface area contributed by atoms with Crippen molar-refractivity contribution in [1.29, 1.82) is 0 Å². The molecule has 2 rings (SSSR count). The molecule has 1 fully saturated rings. The summed E-state index contributed by atoms with van der Waals surface area (Å²) in [7, 11) is 0. The van der Waals surface area contributed by atoms with E-state index in [1.165, 1.54) is 11.5 Å². The highest BCUT2D eigenvalue weighted by atomic mass is 32.1. The van der Waals surface area contributed by atoms with Crippen molar-refractivity contribution in [2.75, 3.05) is 37.4 Å². The van der Waals surface area contributed by atoms with E-state index in [0.717, 1.165) is 5.13 Å². The second kappa shape index (κ2) is 4.54. The van der Waals surface area contributed by atoms with Crippen LogP contribution in [0, 0.1) is 0 Å². The molecule has 1 aliphatic rings. The van der Waals surface area contributed by atoms with E-state index < -0.39 is 0 Å². The quantitative estimate of drug-likeness (QED) is 0.737. The lowest BCUT2D eigenvalue weighted by atomic mass is 10.3. The third-order valence-electron chi connectivity index (χ3n) is 1.81. The third-order valence-corrected chi connectivity index (χ3v) is 2.49. The van der Waals surface area contributed by atoms with Crippen LogP contribution < -0.4 is 11.1 Å². The van der Waals surface area contributed by atoms with Crippen molar-refractivity contribution in [2.24, 2.45) is 0 Å². The number of rotatable bonds is 3. The van der Waals surface area contributed by atoms with Gasteiger partial charge < -0.3 is 20.5 Å². The highest BCUT2D eigenvalue weighted by molar-refractivity contribution is 7.09. The molecule has 14 heavy (non-hydrogen) atoms. The van der Waals surface area contributed by atoms with E-state index in [4.69, 9.17) is 15.2 Å². The maximum atomic E-state index is 5.44. The Kier molecular flexibility index (Phi) is 3.12. The van der Waals surface area contributed by atoms with E-state index >= 15 is 0 Å². The highest BCUT2D eigenvalue weighted by Gasteiger charge is 2.14. The van der Waals surface area contributed by atoms with Gasteiger partial charge in [-0.15, -0.1) is 0 Å². The zero-order valence-corrected chi connectivity index (χ0v) is 8.42. The maximum Gasteiger partial charge on any atom is 0.233 e. The predicted octanol–water partition coefficient (Wildman–Crippen LogP) is -0.0524. The minimum absolute atomic E-state index is 0.0916. The number of ether oxygens (including phenoxy) is 2. The molecule has 1 aromatic rings. The summed E-state index contributed by atoms with van der Waals surface area (Å²) in [6.45, 7) is 2.64. The summed E-state index contributed by atoms with van der Waals surface area (Å²) >= 11 is 1.24. The Morgan fingerprint density at radius 1 is 1.57 bits per heavy atom. The molecule has 0 radical (unpaired) electrons. The van der Waals surface area contributed by atoms with Crippen molar-refractivity contribution < 1.29 is 9.47 Å². The first-order valence-electron chi connectivity index (χ1n) is 4.37. The fourth-order valence-corrected chi connectivity index (χ4v) is 1.67. The van der Waals surface area contributed by atoms with Gasteiger partial charge in [0.15, 0.2) is 0 Å². The number of nitrogens with one attached hydrogen (secondary N) is 1. The summed E-state index contributed by atoms with van der Waals surface area (Å²) in [6.07, 6.45) is 0.0916. The molecule has 0 aromatic carbocycles. The summed E-state index contributed by atoms with van der Waals surface area (Å²) in [6, 6.07) is 0. The van der Waals surface area contributed by atoms with Gasteiger partial charge in [0.1, 0.15) is 0 Å². The van der Waals surface area contributed by atoms with E-state index in [1.54, 1.807) is 0 Å². The first-order chi connectivity index (χ1) is 6.84. The average Bonchev–Trinajstić information content (AvgIpc) is 2.63. The Bertz CT molecular complexity index is 287. The molecule has 1 atom stereocenters. The number of hydrogen-bond donors (Lipinski definition) is 2. The van der Waals surface area contributed by atoms with Gasteiger partial charge in [-0.05, 0) is 0 Å². The van der Waals surface area contributed by atoms with Gasteiger partial charge in [0.05, 0.1) is 25.9 Å². The maximum absolute atomic E-state index is 5.44. The zero-order chi connectivity index (χ0) is 9.80. The number of nitrogens with two attached hydrogens (primary N) is 1. The van der Waals surface area contributed by atoms with Gasteiger partial charge in [-0.1, -0.05) is 0 Å². The summed E-state index contributed by atoms with van der Waals surface area (Å²) in [5, 5.41) is 3.81. The van der Waals surface area contributed by atoms with E-state index in [9.17, 15) is 0 Å². The van der Waals surface area contributed by atoms with E-state index in [0.29, 0.717) is 32.3 Å². The first kappa shape index (κ1) is 9.63. The molecule has 0 amide bonds. The minimum Gasteiger partial charge on any atom is -0.376 e. The molecule has 1 unspecified atom stereocenters. The molecule has 1 saturated heterocycles. The molecular formula is C7H12N4O2S. The molecule has 3 N–H and O–H groups in total. The molecule has 0 spiro atoms. The normalized spacial score (nSPS) is 22.1. The number of hydrogen-bond acceptors (Lipinski definition) is 7. The van der Waals surface area contributed by atoms with Crippen LogP contribution in [0.2, 0.25) is 0 Å². The fraction of sp³-hybridized carbons (Fsp3) is 0.714. The molecule has 78 valence electrons. The second-order valence-electron chi connectivity index (χ2n) is 2.91. The van der Waals surface area contributed by atoms with Gasteiger partial charge in [-0.2, -0.15) is 9.36 Å². The molecule has 1 aliphatic heterocycles. The van der Waals surface area contributed by atoms with Gasteiger partial charge in [-0.3, -0.25) is 0 Å². The van der Waals surface area contributed by atoms with Gasteiger partial charge in [0.2, 0.25) is 11.1 Å². The standard InChI is InChI=1S/C7H12N4O2S/c8-6-10-7(14-11-6)9-3-5-4-12-1-2-13-5/h5H,1-4H2,(H3,8,9,10,11). The van der Waals surface area contributed by atoms with E-state index in [2.05, 4.69) is 14.7 Å².